The van der Waals surface area contributed by atoms with E-state index in [0.717, 1.165) is 5.56 Å². The van der Waals surface area contributed by atoms with Crippen LogP contribution in [0.4, 0.5) is 0 Å². The first-order chi connectivity index (χ1) is 16.1. The zero-order chi connectivity index (χ0) is 23.2. The number of carbonyl (C=O) groups excluding carboxylic acids is 3. The SMILES string of the molecule is CCOc1cc(C=C2C(=O)c3ccccc3C2=O)ccc1OCC(=O)NCc1ccccc1. The molecule has 0 unspecified atom stereocenters. The highest BCUT2D eigenvalue weighted by molar-refractivity contribution is 6.41. The van der Waals surface area contributed by atoms with E-state index in [-0.39, 0.29) is 29.7 Å². The zero-order valence-corrected chi connectivity index (χ0v) is 18.2. The van der Waals surface area contributed by atoms with Gasteiger partial charge in [-0.2, -0.15) is 0 Å². The molecule has 1 aliphatic rings. The van der Waals surface area contributed by atoms with Crippen LogP contribution in [0.3, 0.4) is 0 Å². The smallest absolute Gasteiger partial charge is 0.258 e. The minimum absolute atomic E-state index is 0.118. The number of ketones is 2. The van der Waals surface area contributed by atoms with Gasteiger partial charge in [-0.15, -0.1) is 0 Å². The molecule has 0 saturated carbocycles. The number of amides is 1. The van der Waals surface area contributed by atoms with Gasteiger partial charge in [-0.05, 0) is 36.3 Å². The number of rotatable bonds is 8. The van der Waals surface area contributed by atoms with Crippen molar-refractivity contribution < 1.29 is 23.9 Å². The summed E-state index contributed by atoms with van der Waals surface area (Å²) in [6, 6.07) is 21.5. The molecular weight excluding hydrogens is 418 g/mol. The molecule has 0 aliphatic heterocycles. The number of benzene rings is 3. The molecule has 1 N–H and O–H groups in total. The molecule has 0 heterocycles. The van der Waals surface area contributed by atoms with E-state index in [1.165, 1.54) is 0 Å². The lowest BCUT2D eigenvalue weighted by Crippen LogP contribution is -2.28. The molecule has 3 aromatic rings. The monoisotopic (exact) mass is 441 g/mol. The Morgan fingerprint density at radius 3 is 2.18 bits per heavy atom. The number of Topliss-reactive ketones (excluding diaryl/α,β-unsaturated/α-hetero) is 2. The Balaban J connectivity index is 1.46. The van der Waals surface area contributed by atoms with Crippen LogP contribution >= 0.6 is 0 Å². The lowest BCUT2D eigenvalue weighted by atomic mass is 10.1. The fourth-order valence-corrected chi connectivity index (χ4v) is 3.56. The van der Waals surface area contributed by atoms with Crippen LogP contribution < -0.4 is 14.8 Å². The second-order valence-electron chi connectivity index (χ2n) is 7.45. The van der Waals surface area contributed by atoms with Gasteiger partial charge < -0.3 is 14.8 Å². The number of fused-ring (bicyclic) bond motifs is 1. The Bertz CT molecular complexity index is 1190. The Morgan fingerprint density at radius 2 is 1.52 bits per heavy atom. The standard InChI is InChI=1S/C27H23NO5/c1-2-32-24-15-19(14-22-26(30)20-10-6-7-11-21(20)27(22)31)12-13-23(24)33-17-25(29)28-16-18-8-4-3-5-9-18/h3-15H,2,16-17H2,1H3,(H,28,29). The fourth-order valence-electron chi connectivity index (χ4n) is 3.56. The molecule has 1 aliphatic carbocycles. The van der Waals surface area contributed by atoms with Crippen LogP contribution in [0.1, 0.15) is 38.8 Å². The van der Waals surface area contributed by atoms with Crippen molar-refractivity contribution in [3.05, 3.63) is 101 Å². The average molecular weight is 441 g/mol. The molecule has 0 bridgehead atoms. The van der Waals surface area contributed by atoms with E-state index in [1.54, 1.807) is 48.5 Å². The van der Waals surface area contributed by atoms with Crippen molar-refractivity contribution in [1.82, 2.24) is 5.32 Å². The van der Waals surface area contributed by atoms with Gasteiger partial charge in [0.15, 0.2) is 29.7 Å². The highest BCUT2D eigenvalue weighted by atomic mass is 16.5. The molecule has 166 valence electrons. The summed E-state index contributed by atoms with van der Waals surface area (Å²) in [7, 11) is 0. The molecule has 1 amide bonds. The molecule has 0 spiro atoms. The summed E-state index contributed by atoms with van der Waals surface area (Å²) in [4.78, 5) is 37.5. The van der Waals surface area contributed by atoms with Gasteiger partial charge in [0.1, 0.15) is 0 Å². The lowest BCUT2D eigenvalue weighted by molar-refractivity contribution is -0.123. The van der Waals surface area contributed by atoms with Crippen molar-refractivity contribution in [2.75, 3.05) is 13.2 Å². The van der Waals surface area contributed by atoms with Crippen molar-refractivity contribution >= 4 is 23.5 Å². The summed E-state index contributed by atoms with van der Waals surface area (Å²) in [5, 5.41) is 2.81. The molecule has 4 rings (SSSR count). The number of hydrogen-bond acceptors (Lipinski definition) is 5. The summed E-state index contributed by atoms with van der Waals surface area (Å²) < 4.78 is 11.3. The predicted octanol–water partition coefficient (Wildman–Crippen LogP) is 4.24. The van der Waals surface area contributed by atoms with E-state index in [4.69, 9.17) is 9.47 Å². The summed E-state index contributed by atoms with van der Waals surface area (Å²) >= 11 is 0. The quantitative estimate of drug-likeness (QED) is 0.418. The van der Waals surface area contributed by atoms with Crippen LogP contribution in [-0.2, 0) is 11.3 Å². The Kier molecular flexibility index (Phi) is 6.64. The highest BCUT2D eigenvalue weighted by Crippen LogP contribution is 2.32. The Hall–Kier alpha value is -4.19. The van der Waals surface area contributed by atoms with E-state index in [0.29, 0.717) is 41.3 Å². The first-order valence-electron chi connectivity index (χ1n) is 10.7. The van der Waals surface area contributed by atoms with E-state index in [1.807, 2.05) is 37.3 Å². The third-order valence-electron chi connectivity index (χ3n) is 5.18. The minimum atomic E-state index is -0.288. The maximum absolute atomic E-state index is 12.6. The van der Waals surface area contributed by atoms with Gasteiger partial charge in [0, 0.05) is 17.7 Å². The van der Waals surface area contributed by atoms with Crippen molar-refractivity contribution in [1.29, 1.82) is 0 Å². The summed E-state index contributed by atoms with van der Waals surface area (Å²) in [5.74, 6) is -0.000280. The number of allylic oxidation sites excluding steroid dienone is 1. The molecule has 0 aromatic heterocycles. The number of carbonyl (C=O) groups is 3. The third kappa shape index (κ3) is 5.01. The third-order valence-corrected chi connectivity index (χ3v) is 5.18. The van der Waals surface area contributed by atoms with Crippen LogP contribution in [-0.4, -0.2) is 30.7 Å². The van der Waals surface area contributed by atoms with Crippen LogP contribution in [0.5, 0.6) is 11.5 Å². The second kappa shape index (κ2) is 9.96. The van der Waals surface area contributed by atoms with Crippen LogP contribution in [0, 0.1) is 0 Å². The Labute approximate surface area is 191 Å². The average Bonchev–Trinajstić information content (AvgIpc) is 3.08. The van der Waals surface area contributed by atoms with Crippen LogP contribution in [0.15, 0.2) is 78.4 Å². The van der Waals surface area contributed by atoms with E-state index >= 15 is 0 Å². The minimum Gasteiger partial charge on any atom is -0.490 e. The maximum atomic E-state index is 12.6. The lowest BCUT2D eigenvalue weighted by Gasteiger charge is -2.13. The first kappa shape index (κ1) is 22.0. The molecule has 3 aromatic carbocycles. The van der Waals surface area contributed by atoms with Gasteiger partial charge in [0.05, 0.1) is 12.2 Å². The van der Waals surface area contributed by atoms with E-state index < -0.39 is 0 Å². The van der Waals surface area contributed by atoms with Gasteiger partial charge in [0.2, 0.25) is 0 Å². The highest BCUT2D eigenvalue weighted by Gasteiger charge is 2.32. The van der Waals surface area contributed by atoms with Crippen molar-refractivity contribution in [2.45, 2.75) is 13.5 Å². The topological polar surface area (TPSA) is 81.7 Å². The largest absolute Gasteiger partial charge is 0.490 e. The maximum Gasteiger partial charge on any atom is 0.258 e. The van der Waals surface area contributed by atoms with Crippen molar-refractivity contribution in [3.8, 4) is 11.5 Å². The molecule has 6 nitrogen and oxygen atoms in total. The summed E-state index contributed by atoms with van der Waals surface area (Å²) in [5.41, 5.74) is 2.58. The molecular formula is C27H23NO5. The number of nitrogens with one attached hydrogen (secondary N) is 1. The molecule has 0 fully saturated rings. The molecule has 33 heavy (non-hydrogen) atoms. The molecule has 6 heteroatoms. The van der Waals surface area contributed by atoms with Crippen LogP contribution in [0.2, 0.25) is 0 Å². The van der Waals surface area contributed by atoms with Gasteiger partial charge in [-0.1, -0.05) is 60.7 Å². The summed E-state index contributed by atoms with van der Waals surface area (Å²) in [6.07, 6.45) is 1.56. The van der Waals surface area contributed by atoms with Crippen molar-refractivity contribution in [3.63, 3.8) is 0 Å². The van der Waals surface area contributed by atoms with Crippen LogP contribution in [0.25, 0.3) is 6.08 Å². The normalized spacial score (nSPS) is 12.3. The van der Waals surface area contributed by atoms with E-state index in [9.17, 15) is 14.4 Å². The van der Waals surface area contributed by atoms with Gasteiger partial charge >= 0.3 is 0 Å². The second-order valence-corrected chi connectivity index (χ2v) is 7.45. The zero-order valence-electron chi connectivity index (χ0n) is 18.2. The Morgan fingerprint density at radius 1 is 0.848 bits per heavy atom. The van der Waals surface area contributed by atoms with E-state index in [2.05, 4.69) is 5.32 Å². The van der Waals surface area contributed by atoms with Gasteiger partial charge in [-0.3, -0.25) is 14.4 Å². The first-order valence-corrected chi connectivity index (χ1v) is 10.7. The molecule has 0 saturated heterocycles. The number of ether oxygens (including phenoxy) is 2. The predicted molar refractivity (Wildman–Crippen MR) is 124 cm³/mol. The molecule has 0 radical (unpaired) electrons. The van der Waals surface area contributed by atoms with Crippen molar-refractivity contribution in [2.24, 2.45) is 0 Å². The van der Waals surface area contributed by atoms with Gasteiger partial charge in [-0.25, -0.2) is 0 Å². The fraction of sp³-hybridized carbons (Fsp3) is 0.148. The summed E-state index contributed by atoms with van der Waals surface area (Å²) in [6.45, 7) is 2.47. The van der Waals surface area contributed by atoms with Gasteiger partial charge in [0.25, 0.3) is 5.91 Å². The molecule has 0 atom stereocenters. The number of hydrogen-bond donors (Lipinski definition) is 1.